The standard InChI is InChI=1S/C11H18N2S/c1-8-3-4-10(5-8)13-9(2)11-6-12-7-14-11/h6-10,13H,3-5H2,1-2H3. The van der Waals surface area contributed by atoms with E-state index in [0.29, 0.717) is 6.04 Å². The van der Waals surface area contributed by atoms with E-state index < -0.39 is 0 Å². The minimum Gasteiger partial charge on any atom is -0.307 e. The summed E-state index contributed by atoms with van der Waals surface area (Å²) in [5.41, 5.74) is 1.91. The summed E-state index contributed by atoms with van der Waals surface area (Å²) in [4.78, 5) is 5.46. The highest BCUT2D eigenvalue weighted by Gasteiger charge is 2.22. The van der Waals surface area contributed by atoms with E-state index in [1.165, 1.54) is 24.1 Å². The van der Waals surface area contributed by atoms with Gasteiger partial charge >= 0.3 is 0 Å². The number of hydrogen-bond acceptors (Lipinski definition) is 3. The zero-order valence-electron chi connectivity index (χ0n) is 8.86. The molecular formula is C11H18N2S. The third-order valence-corrected chi connectivity index (χ3v) is 4.02. The molecule has 2 nitrogen and oxygen atoms in total. The van der Waals surface area contributed by atoms with Crippen molar-refractivity contribution in [2.75, 3.05) is 0 Å². The summed E-state index contributed by atoms with van der Waals surface area (Å²) in [7, 11) is 0. The van der Waals surface area contributed by atoms with Crippen LogP contribution in [0.15, 0.2) is 11.7 Å². The zero-order chi connectivity index (χ0) is 9.97. The van der Waals surface area contributed by atoms with Gasteiger partial charge in [0.1, 0.15) is 0 Å². The molecule has 0 aromatic carbocycles. The Morgan fingerprint density at radius 2 is 2.43 bits per heavy atom. The highest BCUT2D eigenvalue weighted by molar-refractivity contribution is 7.09. The van der Waals surface area contributed by atoms with E-state index in [1.54, 1.807) is 11.3 Å². The maximum Gasteiger partial charge on any atom is 0.0794 e. The van der Waals surface area contributed by atoms with Gasteiger partial charge in [-0.15, -0.1) is 11.3 Å². The smallest absolute Gasteiger partial charge is 0.0794 e. The van der Waals surface area contributed by atoms with Crippen molar-refractivity contribution in [3.63, 3.8) is 0 Å². The zero-order valence-corrected chi connectivity index (χ0v) is 9.68. The SMILES string of the molecule is CC1CCC(NC(C)c2cncs2)C1. The van der Waals surface area contributed by atoms with Crippen LogP contribution in [0.4, 0.5) is 0 Å². The van der Waals surface area contributed by atoms with Crippen molar-refractivity contribution >= 4 is 11.3 Å². The van der Waals surface area contributed by atoms with E-state index >= 15 is 0 Å². The predicted molar refractivity (Wildman–Crippen MR) is 60.5 cm³/mol. The van der Waals surface area contributed by atoms with Gasteiger partial charge in [-0.05, 0) is 32.1 Å². The lowest BCUT2D eigenvalue weighted by Gasteiger charge is -2.17. The lowest BCUT2D eigenvalue weighted by Crippen LogP contribution is -2.28. The Hall–Kier alpha value is -0.410. The second-order valence-electron chi connectivity index (χ2n) is 4.41. The van der Waals surface area contributed by atoms with Crippen molar-refractivity contribution in [2.24, 2.45) is 5.92 Å². The summed E-state index contributed by atoms with van der Waals surface area (Å²) < 4.78 is 0. The number of nitrogens with one attached hydrogen (secondary N) is 1. The first-order valence-corrected chi connectivity index (χ1v) is 6.28. The Kier molecular flexibility index (Phi) is 3.19. The highest BCUT2D eigenvalue weighted by atomic mass is 32.1. The van der Waals surface area contributed by atoms with Crippen molar-refractivity contribution in [1.29, 1.82) is 0 Å². The molecule has 1 aliphatic carbocycles. The lowest BCUT2D eigenvalue weighted by molar-refractivity contribution is 0.452. The Bertz CT molecular complexity index is 271. The van der Waals surface area contributed by atoms with Gasteiger partial charge in [0.05, 0.1) is 5.51 Å². The predicted octanol–water partition coefficient (Wildman–Crippen LogP) is 2.98. The number of hydrogen-bond donors (Lipinski definition) is 1. The Morgan fingerprint density at radius 1 is 1.57 bits per heavy atom. The van der Waals surface area contributed by atoms with Crippen molar-refractivity contribution in [3.05, 3.63) is 16.6 Å². The van der Waals surface area contributed by atoms with Crippen molar-refractivity contribution in [1.82, 2.24) is 10.3 Å². The maximum atomic E-state index is 4.11. The second-order valence-corrected chi connectivity index (χ2v) is 5.33. The average molecular weight is 210 g/mol. The van der Waals surface area contributed by atoms with Crippen LogP contribution in [-0.2, 0) is 0 Å². The molecule has 0 amide bonds. The fourth-order valence-corrected chi connectivity index (χ4v) is 2.87. The van der Waals surface area contributed by atoms with E-state index in [1.807, 2.05) is 11.7 Å². The van der Waals surface area contributed by atoms with E-state index in [-0.39, 0.29) is 0 Å². The van der Waals surface area contributed by atoms with Gasteiger partial charge in [0, 0.05) is 23.2 Å². The molecule has 0 aliphatic heterocycles. The van der Waals surface area contributed by atoms with Crippen LogP contribution in [-0.4, -0.2) is 11.0 Å². The molecule has 1 aromatic rings. The average Bonchev–Trinajstić information content (AvgIpc) is 2.75. The molecule has 1 heterocycles. The van der Waals surface area contributed by atoms with Crippen LogP contribution in [0.5, 0.6) is 0 Å². The van der Waals surface area contributed by atoms with Gasteiger partial charge < -0.3 is 5.32 Å². The van der Waals surface area contributed by atoms with Gasteiger partial charge in [0.25, 0.3) is 0 Å². The van der Waals surface area contributed by atoms with Crippen LogP contribution in [0, 0.1) is 5.92 Å². The van der Waals surface area contributed by atoms with E-state index in [4.69, 9.17) is 0 Å². The molecular weight excluding hydrogens is 192 g/mol. The fourth-order valence-electron chi connectivity index (χ4n) is 2.23. The van der Waals surface area contributed by atoms with Crippen molar-refractivity contribution in [2.45, 2.75) is 45.2 Å². The molecule has 2 rings (SSSR count). The molecule has 0 spiro atoms. The Labute approximate surface area is 89.8 Å². The van der Waals surface area contributed by atoms with Crippen LogP contribution in [0.1, 0.15) is 44.0 Å². The van der Waals surface area contributed by atoms with E-state index in [2.05, 4.69) is 24.1 Å². The van der Waals surface area contributed by atoms with Gasteiger partial charge in [-0.25, -0.2) is 0 Å². The highest BCUT2D eigenvalue weighted by Crippen LogP contribution is 2.27. The molecule has 0 saturated heterocycles. The molecule has 1 saturated carbocycles. The molecule has 3 unspecified atom stereocenters. The van der Waals surface area contributed by atoms with Gasteiger partial charge in [-0.1, -0.05) is 6.92 Å². The van der Waals surface area contributed by atoms with Gasteiger partial charge in [0.2, 0.25) is 0 Å². The van der Waals surface area contributed by atoms with Crippen molar-refractivity contribution in [3.8, 4) is 0 Å². The quantitative estimate of drug-likeness (QED) is 0.829. The molecule has 14 heavy (non-hydrogen) atoms. The summed E-state index contributed by atoms with van der Waals surface area (Å²) in [6.45, 7) is 4.58. The molecule has 0 bridgehead atoms. The summed E-state index contributed by atoms with van der Waals surface area (Å²) in [6.07, 6.45) is 6.03. The first kappa shape index (κ1) is 10.1. The Balaban J connectivity index is 1.86. The van der Waals surface area contributed by atoms with Gasteiger partial charge in [0.15, 0.2) is 0 Å². The van der Waals surface area contributed by atoms with Gasteiger partial charge in [-0.3, -0.25) is 4.98 Å². The molecule has 3 atom stereocenters. The number of thiazole rings is 1. The van der Waals surface area contributed by atoms with Crippen LogP contribution in [0.25, 0.3) is 0 Å². The van der Waals surface area contributed by atoms with Crippen LogP contribution in [0.2, 0.25) is 0 Å². The van der Waals surface area contributed by atoms with Crippen LogP contribution >= 0.6 is 11.3 Å². The lowest BCUT2D eigenvalue weighted by atomic mass is 10.1. The normalized spacial score (nSPS) is 29.3. The largest absolute Gasteiger partial charge is 0.307 e. The topological polar surface area (TPSA) is 24.9 Å². The third-order valence-electron chi connectivity index (χ3n) is 3.06. The molecule has 1 aromatic heterocycles. The van der Waals surface area contributed by atoms with Crippen LogP contribution in [0.3, 0.4) is 0 Å². The molecule has 0 radical (unpaired) electrons. The number of aromatic nitrogens is 1. The number of nitrogens with zero attached hydrogens (tertiary/aromatic N) is 1. The second kappa shape index (κ2) is 4.41. The summed E-state index contributed by atoms with van der Waals surface area (Å²) in [5, 5.41) is 3.68. The Morgan fingerprint density at radius 3 is 3.00 bits per heavy atom. The van der Waals surface area contributed by atoms with Crippen molar-refractivity contribution < 1.29 is 0 Å². The molecule has 1 fully saturated rings. The van der Waals surface area contributed by atoms with E-state index in [9.17, 15) is 0 Å². The first-order valence-electron chi connectivity index (χ1n) is 5.40. The first-order chi connectivity index (χ1) is 6.75. The molecule has 1 aliphatic rings. The molecule has 78 valence electrons. The maximum absolute atomic E-state index is 4.11. The number of rotatable bonds is 3. The van der Waals surface area contributed by atoms with Crippen LogP contribution < -0.4 is 5.32 Å². The summed E-state index contributed by atoms with van der Waals surface area (Å²) in [5.74, 6) is 0.904. The molecule has 3 heteroatoms. The minimum absolute atomic E-state index is 0.470. The monoisotopic (exact) mass is 210 g/mol. The van der Waals surface area contributed by atoms with E-state index in [0.717, 1.165) is 12.0 Å². The fraction of sp³-hybridized carbons (Fsp3) is 0.727. The minimum atomic E-state index is 0.470. The summed E-state index contributed by atoms with van der Waals surface area (Å²) in [6, 6.07) is 1.19. The third kappa shape index (κ3) is 2.34. The van der Waals surface area contributed by atoms with Gasteiger partial charge in [-0.2, -0.15) is 0 Å². The summed E-state index contributed by atoms with van der Waals surface area (Å²) >= 11 is 1.74. The molecule has 1 N–H and O–H groups in total.